The molecule has 0 aliphatic carbocycles. The number of nitrogens with zero attached hydrogens (tertiary/aromatic N) is 3. The molecule has 0 radical (unpaired) electrons. The normalized spacial score (nSPS) is 28.5. The zero-order valence-corrected chi connectivity index (χ0v) is 10.8. The van der Waals surface area contributed by atoms with Crippen LogP contribution in [-0.4, -0.2) is 34.7 Å². The van der Waals surface area contributed by atoms with E-state index in [1.54, 1.807) is 0 Å². The number of hydrogen-bond acceptors (Lipinski definition) is 3. The van der Waals surface area contributed by atoms with Crippen LogP contribution in [0.5, 0.6) is 0 Å². The van der Waals surface area contributed by atoms with E-state index in [-0.39, 0.29) is 0 Å². The van der Waals surface area contributed by atoms with Gasteiger partial charge < -0.3 is 14.8 Å². The summed E-state index contributed by atoms with van der Waals surface area (Å²) in [5.74, 6) is 1.17. The first-order valence-corrected chi connectivity index (χ1v) is 6.81. The zero-order chi connectivity index (χ0) is 11.8. The van der Waals surface area contributed by atoms with Crippen molar-refractivity contribution in [1.29, 1.82) is 0 Å². The first kappa shape index (κ1) is 11.1. The molecular formula is C13H22N4. The Bertz CT molecular complexity index is 398. The van der Waals surface area contributed by atoms with Crippen molar-refractivity contribution in [3.05, 3.63) is 11.9 Å². The average Bonchev–Trinajstić information content (AvgIpc) is 2.82. The zero-order valence-electron chi connectivity index (χ0n) is 10.8. The van der Waals surface area contributed by atoms with Crippen molar-refractivity contribution in [3.63, 3.8) is 0 Å². The fourth-order valence-electron chi connectivity index (χ4n) is 3.14. The summed E-state index contributed by atoms with van der Waals surface area (Å²) < 4.78 is 2.27. The average molecular weight is 234 g/mol. The largest absolute Gasteiger partial charge is 0.341 e. The molecule has 0 aromatic carbocycles. The molecule has 2 saturated heterocycles. The second-order valence-corrected chi connectivity index (χ2v) is 5.34. The molecule has 1 aromatic heterocycles. The fraction of sp³-hybridized carbons (Fsp3) is 0.769. The van der Waals surface area contributed by atoms with Crippen LogP contribution < -0.4 is 10.2 Å². The second-order valence-electron chi connectivity index (χ2n) is 5.34. The SMILES string of the molecule is CCn1cc(C)nc1N1CCC2CCC(C1)N2. The third-order valence-corrected chi connectivity index (χ3v) is 4.02. The van der Waals surface area contributed by atoms with Crippen molar-refractivity contribution in [2.45, 2.75) is 51.7 Å². The maximum Gasteiger partial charge on any atom is 0.205 e. The predicted octanol–water partition coefficient (Wildman–Crippen LogP) is 1.54. The van der Waals surface area contributed by atoms with Gasteiger partial charge in [-0.05, 0) is 33.1 Å². The Hall–Kier alpha value is -1.03. The van der Waals surface area contributed by atoms with Crippen LogP contribution in [0.1, 0.15) is 31.9 Å². The quantitative estimate of drug-likeness (QED) is 0.842. The van der Waals surface area contributed by atoms with Gasteiger partial charge in [0, 0.05) is 37.9 Å². The van der Waals surface area contributed by atoms with Gasteiger partial charge in [0.2, 0.25) is 5.95 Å². The molecule has 4 heteroatoms. The highest BCUT2D eigenvalue weighted by molar-refractivity contribution is 5.34. The summed E-state index contributed by atoms with van der Waals surface area (Å²) in [6.07, 6.45) is 6.10. The molecule has 0 spiro atoms. The maximum absolute atomic E-state index is 4.69. The van der Waals surface area contributed by atoms with E-state index in [0.717, 1.165) is 31.4 Å². The molecule has 3 rings (SSSR count). The van der Waals surface area contributed by atoms with Crippen LogP contribution in [0.3, 0.4) is 0 Å². The maximum atomic E-state index is 4.69. The van der Waals surface area contributed by atoms with Crippen LogP contribution in [0, 0.1) is 6.92 Å². The summed E-state index contributed by atoms with van der Waals surface area (Å²) in [5, 5.41) is 3.72. The topological polar surface area (TPSA) is 33.1 Å². The van der Waals surface area contributed by atoms with E-state index in [1.165, 1.54) is 25.2 Å². The van der Waals surface area contributed by atoms with Gasteiger partial charge in [0.25, 0.3) is 0 Å². The van der Waals surface area contributed by atoms with Crippen LogP contribution in [0.25, 0.3) is 0 Å². The Kier molecular flexibility index (Phi) is 2.82. The molecule has 2 fully saturated rings. The Morgan fingerprint density at radius 1 is 1.35 bits per heavy atom. The van der Waals surface area contributed by atoms with E-state index in [4.69, 9.17) is 4.98 Å². The molecule has 1 N–H and O–H groups in total. The molecule has 17 heavy (non-hydrogen) atoms. The number of aromatic nitrogens is 2. The van der Waals surface area contributed by atoms with E-state index in [9.17, 15) is 0 Å². The molecule has 0 saturated carbocycles. The number of rotatable bonds is 2. The van der Waals surface area contributed by atoms with E-state index in [0.29, 0.717) is 6.04 Å². The van der Waals surface area contributed by atoms with Crippen LogP contribution in [0.15, 0.2) is 6.20 Å². The minimum atomic E-state index is 0.671. The number of fused-ring (bicyclic) bond motifs is 2. The molecule has 1 aromatic rings. The Balaban J connectivity index is 1.83. The summed E-state index contributed by atoms with van der Waals surface area (Å²) in [5.41, 5.74) is 1.13. The lowest BCUT2D eigenvalue weighted by atomic mass is 10.1. The minimum Gasteiger partial charge on any atom is -0.341 e. The third kappa shape index (κ3) is 2.06. The molecule has 2 atom stereocenters. The van der Waals surface area contributed by atoms with E-state index in [2.05, 4.69) is 34.8 Å². The van der Waals surface area contributed by atoms with Gasteiger partial charge in [-0.25, -0.2) is 4.98 Å². The molecule has 3 heterocycles. The predicted molar refractivity (Wildman–Crippen MR) is 69.4 cm³/mol. The standard InChI is InChI=1S/C13H22N4/c1-3-16-8-10(2)14-13(16)17-7-6-11-4-5-12(9-17)15-11/h8,11-12,15H,3-7,9H2,1-2H3. The number of aryl methyl sites for hydroxylation is 2. The highest BCUT2D eigenvalue weighted by Crippen LogP contribution is 2.24. The summed E-state index contributed by atoms with van der Waals surface area (Å²) >= 11 is 0. The summed E-state index contributed by atoms with van der Waals surface area (Å²) in [6.45, 7) is 7.54. The lowest BCUT2D eigenvalue weighted by Crippen LogP contribution is -2.36. The fourth-order valence-corrected chi connectivity index (χ4v) is 3.14. The second kappa shape index (κ2) is 4.33. The lowest BCUT2D eigenvalue weighted by Gasteiger charge is -2.25. The Morgan fingerprint density at radius 3 is 3.00 bits per heavy atom. The number of imidazole rings is 1. The van der Waals surface area contributed by atoms with E-state index >= 15 is 0 Å². The van der Waals surface area contributed by atoms with Crippen molar-refractivity contribution in [2.75, 3.05) is 18.0 Å². The summed E-state index contributed by atoms with van der Waals surface area (Å²) in [4.78, 5) is 7.16. The van der Waals surface area contributed by atoms with Crippen molar-refractivity contribution in [1.82, 2.24) is 14.9 Å². The van der Waals surface area contributed by atoms with Crippen LogP contribution in [0.2, 0.25) is 0 Å². The van der Waals surface area contributed by atoms with Gasteiger partial charge in [-0.15, -0.1) is 0 Å². The minimum absolute atomic E-state index is 0.671. The highest BCUT2D eigenvalue weighted by Gasteiger charge is 2.30. The molecule has 2 bridgehead atoms. The molecule has 4 nitrogen and oxygen atoms in total. The van der Waals surface area contributed by atoms with Crippen molar-refractivity contribution < 1.29 is 0 Å². The van der Waals surface area contributed by atoms with Gasteiger partial charge in [-0.2, -0.15) is 0 Å². The first-order valence-electron chi connectivity index (χ1n) is 6.81. The van der Waals surface area contributed by atoms with Gasteiger partial charge >= 0.3 is 0 Å². The number of nitrogens with one attached hydrogen (secondary N) is 1. The monoisotopic (exact) mass is 234 g/mol. The van der Waals surface area contributed by atoms with Crippen LogP contribution >= 0.6 is 0 Å². The molecule has 2 unspecified atom stereocenters. The van der Waals surface area contributed by atoms with Crippen molar-refractivity contribution in [2.24, 2.45) is 0 Å². The lowest BCUT2D eigenvalue weighted by molar-refractivity contribution is 0.563. The van der Waals surface area contributed by atoms with Gasteiger partial charge in [-0.3, -0.25) is 0 Å². The van der Waals surface area contributed by atoms with Gasteiger partial charge in [-0.1, -0.05) is 0 Å². The smallest absolute Gasteiger partial charge is 0.205 e. The van der Waals surface area contributed by atoms with E-state index < -0.39 is 0 Å². The van der Waals surface area contributed by atoms with Gasteiger partial charge in [0.05, 0.1) is 5.69 Å². The number of hydrogen-bond donors (Lipinski definition) is 1. The summed E-state index contributed by atoms with van der Waals surface area (Å²) in [7, 11) is 0. The molecular weight excluding hydrogens is 212 g/mol. The van der Waals surface area contributed by atoms with Gasteiger partial charge in [0.1, 0.15) is 0 Å². The third-order valence-electron chi connectivity index (χ3n) is 4.02. The molecule has 2 aliphatic rings. The molecule has 0 amide bonds. The molecule has 94 valence electrons. The highest BCUT2D eigenvalue weighted by atomic mass is 15.3. The van der Waals surface area contributed by atoms with E-state index in [1.807, 2.05) is 0 Å². The van der Waals surface area contributed by atoms with Crippen molar-refractivity contribution in [3.8, 4) is 0 Å². The van der Waals surface area contributed by atoms with Crippen molar-refractivity contribution >= 4 is 5.95 Å². The van der Waals surface area contributed by atoms with Crippen LogP contribution in [0.4, 0.5) is 5.95 Å². The van der Waals surface area contributed by atoms with Crippen LogP contribution in [-0.2, 0) is 6.54 Å². The van der Waals surface area contributed by atoms with Gasteiger partial charge in [0.15, 0.2) is 0 Å². The first-order chi connectivity index (χ1) is 8.26. The summed E-state index contributed by atoms with van der Waals surface area (Å²) in [6, 6.07) is 1.42. The Labute approximate surface area is 103 Å². The Morgan fingerprint density at radius 2 is 2.18 bits per heavy atom. The number of anilines is 1. The molecule has 2 aliphatic heterocycles.